The topological polar surface area (TPSA) is 94.6 Å². The van der Waals surface area contributed by atoms with Crippen molar-refractivity contribution in [2.45, 2.75) is 31.3 Å². The molecule has 0 radical (unpaired) electrons. The fourth-order valence-electron chi connectivity index (χ4n) is 3.25. The van der Waals surface area contributed by atoms with Crippen LogP contribution in [0.4, 0.5) is 10.5 Å². The second-order valence-corrected chi connectivity index (χ2v) is 5.44. The molecular weight excluding hydrogens is 272 g/mol. The summed E-state index contributed by atoms with van der Waals surface area (Å²) in [7, 11) is 0. The second kappa shape index (κ2) is 5.69. The number of carboxylic acid groups (broad SMARTS) is 1. The lowest BCUT2D eigenvalue weighted by atomic mass is 10.1. The predicted octanol–water partition coefficient (Wildman–Crippen LogP) is 1.14. The van der Waals surface area contributed by atoms with Crippen LogP contribution in [0.3, 0.4) is 0 Å². The van der Waals surface area contributed by atoms with Crippen molar-refractivity contribution in [1.29, 1.82) is 0 Å². The van der Waals surface area contributed by atoms with Crippen LogP contribution in [0.1, 0.15) is 29.8 Å². The number of aromatic carboxylic acids is 1. The molecule has 2 amide bonds. The molecule has 1 aromatic heterocycles. The van der Waals surface area contributed by atoms with Crippen molar-refractivity contribution in [3.05, 3.63) is 24.0 Å². The van der Waals surface area contributed by atoms with E-state index in [0.717, 1.165) is 25.9 Å². The highest BCUT2D eigenvalue weighted by molar-refractivity contribution is 5.98. The lowest BCUT2D eigenvalue weighted by Gasteiger charge is -2.21. The zero-order valence-electron chi connectivity index (χ0n) is 11.6. The van der Waals surface area contributed by atoms with Crippen LogP contribution in [0.5, 0.6) is 0 Å². The summed E-state index contributed by atoms with van der Waals surface area (Å²) in [6.45, 7) is 2.12. The third-order valence-electron chi connectivity index (χ3n) is 4.18. The average molecular weight is 290 g/mol. The van der Waals surface area contributed by atoms with Crippen LogP contribution < -0.4 is 10.6 Å². The maximum absolute atomic E-state index is 12.1. The predicted molar refractivity (Wildman–Crippen MR) is 76.4 cm³/mol. The molecule has 3 N–H and O–H groups in total. The zero-order chi connectivity index (χ0) is 14.8. The van der Waals surface area contributed by atoms with E-state index in [4.69, 9.17) is 5.11 Å². The second-order valence-electron chi connectivity index (χ2n) is 5.44. The van der Waals surface area contributed by atoms with E-state index in [1.54, 1.807) is 6.07 Å². The molecule has 2 fully saturated rings. The van der Waals surface area contributed by atoms with Crippen molar-refractivity contribution in [1.82, 2.24) is 15.2 Å². The highest BCUT2D eigenvalue weighted by Gasteiger charge is 2.37. The highest BCUT2D eigenvalue weighted by Crippen LogP contribution is 2.27. The molecule has 2 unspecified atom stereocenters. The van der Waals surface area contributed by atoms with Gasteiger partial charge in [0.2, 0.25) is 0 Å². The van der Waals surface area contributed by atoms with E-state index < -0.39 is 5.97 Å². The molecule has 0 aliphatic carbocycles. The van der Waals surface area contributed by atoms with Gasteiger partial charge >= 0.3 is 12.0 Å². The highest BCUT2D eigenvalue weighted by atomic mass is 16.4. The first-order valence-corrected chi connectivity index (χ1v) is 7.15. The Bertz CT molecular complexity index is 563. The summed E-state index contributed by atoms with van der Waals surface area (Å²) in [6.07, 6.45) is 4.62. The molecule has 21 heavy (non-hydrogen) atoms. The van der Waals surface area contributed by atoms with Gasteiger partial charge in [-0.15, -0.1) is 0 Å². The van der Waals surface area contributed by atoms with Gasteiger partial charge in [0.05, 0.1) is 5.69 Å². The number of anilines is 1. The minimum absolute atomic E-state index is 0.137. The van der Waals surface area contributed by atoms with E-state index in [9.17, 15) is 9.59 Å². The van der Waals surface area contributed by atoms with Gasteiger partial charge < -0.3 is 15.7 Å². The monoisotopic (exact) mass is 290 g/mol. The van der Waals surface area contributed by atoms with Crippen LogP contribution in [-0.2, 0) is 0 Å². The normalized spacial score (nSPS) is 24.6. The number of nitrogens with zero attached hydrogens (tertiary/aromatic N) is 2. The molecule has 0 spiro atoms. The Labute approximate surface area is 122 Å². The van der Waals surface area contributed by atoms with Crippen molar-refractivity contribution in [2.24, 2.45) is 0 Å². The number of aromatic nitrogens is 1. The molecule has 2 aliphatic heterocycles. The number of hydrogen-bond acceptors (Lipinski definition) is 4. The Hall–Kier alpha value is -2.15. The number of fused-ring (bicyclic) bond motifs is 1. The summed E-state index contributed by atoms with van der Waals surface area (Å²) in [4.78, 5) is 29.3. The lowest BCUT2D eigenvalue weighted by molar-refractivity contribution is 0.0691. The van der Waals surface area contributed by atoms with Gasteiger partial charge in [0.15, 0.2) is 5.69 Å². The third-order valence-corrected chi connectivity index (χ3v) is 4.18. The van der Waals surface area contributed by atoms with Crippen molar-refractivity contribution in [3.63, 3.8) is 0 Å². The molecular formula is C14H18N4O3. The van der Waals surface area contributed by atoms with Gasteiger partial charge in [0.25, 0.3) is 0 Å². The Balaban J connectivity index is 1.63. The number of carboxylic acids is 1. The van der Waals surface area contributed by atoms with Gasteiger partial charge in [-0.05, 0) is 37.9 Å². The maximum Gasteiger partial charge on any atom is 0.356 e. The standard InChI is InChI=1S/C14H18N4O3/c19-13(20)12-10(3-1-6-15-12)17-14(21)16-9-5-8-18-7-2-4-11(9)18/h1,3,6,9,11H,2,4-5,7-8H2,(H,19,20)(H2,16,17,21). The first kappa shape index (κ1) is 13.8. The summed E-state index contributed by atoms with van der Waals surface area (Å²) < 4.78 is 0. The zero-order valence-corrected chi connectivity index (χ0v) is 11.6. The number of amides is 2. The number of nitrogens with one attached hydrogen (secondary N) is 2. The quantitative estimate of drug-likeness (QED) is 0.776. The SMILES string of the molecule is O=C(Nc1cccnc1C(=O)O)NC1CCN2CCCC12. The molecule has 2 aliphatic rings. The molecule has 0 saturated carbocycles. The fourth-order valence-corrected chi connectivity index (χ4v) is 3.25. The van der Waals surface area contributed by atoms with E-state index in [0.29, 0.717) is 6.04 Å². The van der Waals surface area contributed by atoms with E-state index >= 15 is 0 Å². The van der Waals surface area contributed by atoms with Crippen LogP contribution in [0.15, 0.2) is 18.3 Å². The van der Waals surface area contributed by atoms with E-state index in [1.165, 1.54) is 18.7 Å². The minimum atomic E-state index is -1.16. The van der Waals surface area contributed by atoms with Crippen molar-refractivity contribution >= 4 is 17.7 Å². The largest absolute Gasteiger partial charge is 0.476 e. The molecule has 7 heteroatoms. The molecule has 112 valence electrons. The van der Waals surface area contributed by atoms with Crippen LogP contribution >= 0.6 is 0 Å². The molecule has 2 saturated heterocycles. The van der Waals surface area contributed by atoms with Gasteiger partial charge in [-0.3, -0.25) is 4.90 Å². The molecule has 1 aromatic rings. The van der Waals surface area contributed by atoms with Crippen LogP contribution in [0.2, 0.25) is 0 Å². The molecule has 0 bridgehead atoms. The number of carbonyl (C=O) groups is 2. The Morgan fingerprint density at radius 1 is 1.33 bits per heavy atom. The summed E-state index contributed by atoms with van der Waals surface area (Å²) in [5.74, 6) is -1.16. The summed E-state index contributed by atoms with van der Waals surface area (Å²) in [6, 6.07) is 3.31. The van der Waals surface area contributed by atoms with Gasteiger partial charge in [-0.25, -0.2) is 14.6 Å². The molecule has 3 heterocycles. The summed E-state index contributed by atoms with van der Waals surface area (Å²) in [5.41, 5.74) is 0.0605. The van der Waals surface area contributed by atoms with Crippen LogP contribution in [-0.4, -0.2) is 52.2 Å². The number of rotatable bonds is 3. The van der Waals surface area contributed by atoms with Crippen molar-refractivity contribution in [3.8, 4) is 0 Å². The third kappa shape index (κ3) is 2.82. The smallest absolute Gasteiger partial charge is 0.356 e. The summed E-state index contributed by atoms with van der Waals surface area (Å²) >= 11 is 0. The Morgan fingerprint density at radius 2 is 2.19 bits per heavy atom. The fraction of sp³-hybridized carbons (Fsp3) is 0.500. The first-order chi connectivity index (χ1) is 10.1. The molecule has 3 rings (SSSR count). The average Bonchev–Trinajstić information content (AvgIpc) is 3.04. The molecule has 2 atom stereocenters. The molecule has 7 nitrogen and oxygen atoms in total. The van der Waals surface area contributed by atoms with Crippen molar-refractivity contribution in [2.75, 3.05) is 18.4 Å². The van der Waals surface area contributed by atoms with Gasteiger partial charge in [-0.1, -0.05) is 0 Å². The number of pyridine rings is 1. The van der Waals surface area contributed by atoms with E-state index in [2.05, 4.69) is 20.5 Å². The number of urea groups is 1. The summed E-state index contributed by atoms with van der Waals surface area (Å²) in [5, 5.41) is 14.6. The number of hydrogen-bond donors (Lipinski definition) is 3. The van der Waals surface area contributed by atoms with Gasteiger partial charge in [-0.2, -0.15) is 0 Å². The lowest BCUT2D eigenvalue weighted by Crippen LogP contribution is -2.44. The Morgan fingerprint density at radius 3 is 3.00 bits per heavy atom. The van der Waals surface area contributed by atoms with Gasteiger partial charge in [0, 0.05) is 24.8 Å². The maximum atomic E-state index is 12.1. The van der Waals surface area contributed by atoms with E-state index in [1.807, 2.05) is 0 Å². The minimum Gasteiger partial charge on any atom is -0.476 e. The van der Waals surface area contributed by atoms with Crippen LogP contribution in [0, 0.1) is 0 Å². The van der Waals surface area contributed by atoms with E-state index in [-0.39, 0.29) is 23.5 Å². The Kier molecular flexibility index (Phi) is 3.74. The number of carbonyl (C=O) groups excluding carboxylic acids is 1. The van der Waals surface area contributed by atoms with Crippen LogP contribution in [0.25, 0.3) is 0 Å². The molecule has 0 aromatic carbocycles. The van der Waals surface area contributed by atoms with Gasteiger partial charge in [0.1, 0.15) is 0 Å². The van der Waals surface area contributed by atoms with Crippen molar-refractivity contribution < 1.29 is 14.7 Å². The first-order valence-electron chi connectivity index (χ1n) is 7.15.